The average molecular weight is 412 g/mol. The molecule has 152 valence electrons. The molecule has 2 heterocycles. The summed E-state index contributed by atoms with van der Waals surface area (Å²) in [5, 5.41) is 5.98. The highest BCUT2D eigenvalue weighted by Crippen LogP contribution is 2.32. The van der Waals surface area contributed by atoms with Gasteiger partial charge in [0.1, 0.15) is 0 Å². The van der Waals surface area contributed by atoms with Crippen LogP contribution in [0.25, 0.3) is 0 Å². The number of halogens is 1. The Morgan fingerprint density at radius 2 is 2.12 bits per heavy atom. The van der Waals surface area contributed by atoms with Crippen molar-refractivity contribution in [2.24, 2.45) is 5.41 Å². The topological polar surface area (TPSA) is 105 Å². The van der Waals surface area contributed by atoms with Crippen molar-refractivity contribution in [3.8, 4) is 0 Å². The van der Waals surface area contributed by atoms with E-state index >= 15 is 0 Å². The summed E-state index contributed by atoms with van der Waals surface area (Å²) in [6, 6.07) is -0.345. The highest BCUT2D eigenvalue weighted by Gasteiger charge is 2.43. The molecule has 8 nitrogen and oxygen atoms in total. The van der Waals surface area contributed by atoms with Crippen molar-refractivity contribution in [2.75, 3.05) is 51.4 Å². The predicted molar refractivity (Wildman–Crippen MR) is 101 cm³/mol. The summed E-state index contributed by atoms with van der Waals surface area (Å²) in [5.74, 6) is -0.239. The lowest BCUT2D eigenvalue weighted by atomic mass is 9.82. The quantitative estimate of drug-likeness (QED) is 0.562. The predicted octanol–water partition coefficient (Wildman–Crippen LogP) is -0.424. The van der Waals surface area contributed by atoms with E-state index in [-0.39, 0.29) is 48.3 Å². The Balaban J connectivity index is 0.00000338. The summed E-state index contributed by atoms with van der Waals surface area (Å²) in [7, 11) is -1.43. The van der Waals surface area contributed by atoms with Crippen LogP contribution in [-0.4, -0.2) is 82.6 Å². The van der Waals surface area contributed by atoms with Crippen molar-refractivity contribution in [1.82, 2.24) is 15.5 Å². The second-order valence-corrected chi connectivity index (χ2v) is 9.17. The van der Waals surface area contributed by atoms with Crippen molar-refractivity contribution in [1.29, 1.82) is 0 Å². The number of hydrogen-bond acceptors (Lipinski definition) is 6. The van der Waals surface area contributed by atoms with Crippen molar-refractivity contribution < 1.29 is 22.7 Å². The minimum absolute atomic E-state index is 0. The van der Waals surface area contributed by atoms with Gasteiger partial charge in [-0.2, -0.15) is 0 Å². The summed E-state index contributed by atoms with van der Waals surface area (Å²) in [6.45, 7) is 4.10. The van der Waals surface area contributed by atoms with Gasteiger partial charge in [-0.3, -0.25) is 9.59 Å². The number of carbonyl (C=O) groups excluding carboxylic acids is 2. The maximum absolute atomic E-state index is 13.0. The van der Waals surface area contributed by atoms with Gasteiger partial charge >= 0.3 is 0 Å². The first-order valence-corrected chi connectivity index (χ1v) is 10.6. The molecule has 2 rings (SSSR count). The van der Waals surface area contributed by atoms with E-state index in [0.717, 1.165) is 13.0 Å². The van der Waals surface area contributed by atoms with Gasteiger partial charge in [-0.05, 0) is 32.7 Å². The second kappa shape index (κ2) is 9.87. The SMILES string of the molecule is CCN(CC(=O)NC1CCS(=O)(=O)C1)C(=O)C1(CCOC)CCNC1.Cl. The van der Waals surface area contributed by atoms with Crippen LogP contribution in [0, 0.1) is 5.41 Å². The van der Waals surface area contributed by atoms with E-state index in [1.165, 1.54) is 0 Å². The third-order valence-electron chi connectivity index (χ3n) is 5.08. The summed E-state index contributed by atoms with van der Waals surface area (Å²) < 4.78 is 28.1. The Hall–Kier alpha value is -0.900. The largest absolute Gasteiger partial charge is 0.385 e. The van der Waals surface area contributed by atoms with E-state index < -0.39 is 15.3 Å². The van der Waals surface area contributed by atoms with Gasteiger partial charge in [0, 0.05) is 32.8 Å². The first kappa shape index (κ1) is 23.1. The van der Waals surface area contributed by atoms with Crippen molar-refractivity contribution in [2.45, 2.75) is 32.2 Å². The summed E-state index contributed by atoms with van der Waals surface area (Å²) in [4.78, 5) is 26.9. The number of hydrogen-bond donors (Lipinski definition) is 2. The first-order chi connectivity index (χ1) is 11.8. The zero-order valence-electron chi connectivity index (χ0n) is 15.5. The molecule has 2 atom stereocenters. The number of likely N-dealkylation sites (N-methyl/N-ethyl adjacent to an activating group) is 1. The minimum atomic E-state index is -3.04. The molecule has 2 aliphatic heterocycles. The van der Waals surface area contributed by atoms with Crippen molar-refractivity contribution in [3.63, 3.8) is 0 Å². The Morgan fingerprint density at radius 3 is 2.62 bits per heavy atom. The summed E-state index contributed by atoms with van der Waals surface area (Å²) >= 11 is 0. The van der Waals surface area contributed by atoms with Crippen LogP contribution in [0.4, 0.5) is 0 Å². The van der Waals surface area contributed by atoms with E-state index in [4.69, 9.17) is 4.74 Å². The average Bonchev–Trinajstić information content (AvgIpc) is 3.17. The number of amides is 2. The van der Waals surface area contributed by atoms with Gasteiger partial charge in [0.2, 0.25) is 11.8 Å². The van der Waals surface area contributed by atoms with Gasteiger partial charge in [-0.15, -0.1) is 12.4 Å². The molecule has 2 N–H and O–H groups in total. The fourth-order valence-electron chi connectivity index (χ4n) is 3.56. The molecule has 0 aromatic rings. The van der Waals surface area contributed by atoms with Crippen LogP contribution in [0.3, 0.4) is 0 Å². The molecule has 0 spiro atoms. The standard InChI is InChI=1S/C16H29N3O5S.ClH/c1-3-19(10-14(20)18-13-4-9-25(22,23)11-13)15(21)16(6-8-24-2)5-7-17-12-16;/h13,17H,3-12H2,1-2H3,(H,18,20);1H. The fraction of sp³-hybridized carbons (Fsp3) is 0.875. The summed E-state index contributed by atoms with van der Waals surface area (Å²) in [6.07, 6.45) is 1.79. The molecule has 10 heteroatoms. The molecule has 26 heavy (non-hydrogen) atoms. The lowest BCUT2D eigenvalue weighted by Gasteiger charge is -2.33. The monoisotopic (exact) mass is 411 g/mol. The normalized spacial score (nSPS) is 26.9. The highest BCUT2D eigenvalue weighted by molar-refractivity contribution is 7.91. The van der Waals surface area contributed by atoms with Crippen LogP contribution in [-0.2, 0) is 24.2 Å². The van der Waals surface area contributed by atoms with Gasteiger partial charge in [0.15, 0.2) is 9.84 Å². The van der Waals surface area contributed by atoms with Crippen molar-refractivity contribution >= 4 is 34.1 Å². The van der Waals surface area contributed by atoms with E-state index in [1.54, 1.807) is 12.0 Å². The maximum atomic E-state index is 13.0. The zero-order valence-corrected chi connectivity index (χ0v) is 17.1. The Morgan fingerprint density at radius 1 is 1.38 bits per heavy atom. The molecule has 0 radical (unpaired) electrons. The van der Waals surface area contributed by atoms with Crippen LogP contribution in [0.1, 0.15) is 26.2 Å². The van der Waals surface area contributed by atoms with Gasteiger partial charge < -0.3 is 20.3 Å². The van der Waals surface area contributed by atoms with E-state index in [0.29, 0.717) is 32.5 Å². The van der Waals surface area contributed by atoms with E-state index in [1.807, 2.05) is 6.92 Å². The Labute approximate surface area is 161 Å². The van der Waals surface area contributed by atoms with Crippen LogP contribution < -0.4 is 10.6 Å². The molecule has 0 saturated carbocycles. The van der Waals surface area contributed by atoms with E-state index in [9.17, 15) is 18.0 Å². The number of rotatable bonds is 8. The molecule has 0 bridgehead atoms. The fourth-order valence-corrected chi connectivity index (χ4v) is 5.24. The number of nitrogens with zero attached hydrogens (tertiary/aromatic N) is 1. The Bertz CT molecular complexity index is 593. The van der Waals surface area contributed by atoms with Crippen LogP contribution in [0.5, 0.6) is 0 Å². The lowest BCUT2D eigenvalue weighted by molar-refractivity contribution is -0.145. The third kappa shape index (κ3) is 5.80. The molecular weight excluding hydrogens is 382 g/mol. The third-order valence-corrected chi connectivity index (χ3v) is 6.85. The second-order valence-electron chi connectivity index (χ2n) is 6.94. The molecule has 2 unspecified atom stereocenters. The van der Waals surface area contributed by atoms with E-state index in [2.05, 4.69) is 10.6 Å². The number of carbonyl (C=O) groups is 2. The van der Waals surface area contributed by atoms with Gasteiger partial charge in [-0.25, -0.2) is 8.42 Å². The minimum Gasteiger partial charge on any atom is -0.385 e. The molecule has 2 amide bonds. The van der Waals surface area contributed by atoms with Crippen LogP contribution in [0.2, 0.25) is 0 Å². The molecule has 0 aliphatic carbocycles. The molecule has 0 aromatic heterocycles. The molecular formula is C16H30ClN3O5S. The highest BCUT2D eigenvalue weighted by atomic mass is 35.5. The lowest BCUT2D eigenvalue weighted by Crippen LogP contribution is -2.50. The first-order valence-electron chi connectivity index (χ1n) is 8.81. The maximum Gasteiger partial charge on any atom is 0.239 e. The number of nitrogens with one attached hydrogen (secondary N) is 2. The number of sulfone groups is 1. The van der Waals surface area contributed by atoms with Crippen LogP contribution >= 0.6 is 12.4 Å². The van der Waals surface area contributed by atoms with Gasteiger partial charge in [-0.1, -0.05) is 0 Å². The summed E-state index contributed by atoms with van der Waals surface area (Å²) in [5.41, 5.74) is -0.525. The molecule has 0 aromatic carbocycles. The number of methoxy groups -OCH3 is 1. The number of ether oxygens (including phenoxy) is 1. The van der Waals surface area contributed by atoms with Gasteiger partial charge in [0.25, 0.3) is 0 Å². The molecule has 2 saturated heterocycles. The smallest absolute Gasteiger partial charge is 0.239 e. The van der Waals surface area contributed by atoms with Crippen molar-refractivity contribution in [3.05, 3.63) is 0 Å². The Kier molecular flexibility index (Phi) is 8.78. The zero-order chi connectivity index (χ0) is 18.5. The molecule has 2 fully saturated rings. The van der Waals surface area contributed by atoms with Gasteiger partial charge in [0.05, 0.1) is 23.5 Å². The molecule has 2 aliphatic rings. The van der Waals surface area contributed by atoms with Crippen LogP contribution in [0.15, 0.2) is 0 Å².